The quantitative estimate of drug-likeness (QED) is 0.247. The normalized spacial score (nSPS) is 10.7. The molecule has 0 unspecified atom stereocenters. The van der Waals surface area contributed by atoms with Crippen molar-refractivity contribution in [1.29, 1.82) is 0 Å². The second-order valence-corrected chi connectivity index (χ2v) is 7.03. The van der Waals surface area contributed by atoms with Gasteiger partial charge in [-0.15, -0.1) is 15.3 Å². The lowest BCUT2D eigenvalue weighted by atomic mass is 10.1. The molecule has 168 valence electrons. The highest BCUT2D eigenvalue weighted by Crippen LogP contribution is 2.28. The molecule has 4 aromatic rings. The second-order valence-electron chi connectivity index (χ2n) is 7.03. The summed E-state index contributed by atoms with van der Waals surface area (Å²) in [5, 5.41) is 26.4. The van der Waals surface area contributed by atoms with Gasteiger partial charge in [0.25, 0.3) is 11.6 Å². The number of nitro groups is 1. The lowest BCUT2D eigenvalue weighted by Gasteiger charge is -2.09. The molecule has 4 rings (SSSR count). The molecule has 0 saturated heterocycles. The highest BCUT2D eigenvalue weighted by molar-refractivity contribution is 5.94. The molecule has 0 radical (unpaired) electrons. The molecule has 0 spiro atoms. The van der Waals surface area contributed by atoms with Crippen LogP contribution in [0.15, 0.2) is 54.6 Å². The number of amides is 1. The predicted octanol–water partition coefficient (Wildman–Crippen LogP) is 2.83. The van der Waals surface area contributed by atoms with E-state index in [9.17, 15) is 14.9 Å². The van der Waals surface area contributed by atoms with Crippen molar-refractivity contribution in [2.24, 2.45) is 0 Å². The maximum atomic E-state index is 12.3. The van der Waals surface area contributed by atoms with Crippen LogP contribution in [-0.2, 0) is 0 Å². The number of rotatable bonds is 8. The number of fused-ring (bicyclic) bond motifs is 1. The van der Waals surface area contributed by atoms with Gasteiger partial charge in [-0.3, -0.25) is 14.9 Å². The van der Waals surface area contributed by atoms with Gasteiger partial charge in [-0.2, -0.15) is 4.52 Å². The standard InChI is InChI=1S/C22H20N6O5/c1-14-13-15(7-8-17(14)28(30)31)22(29)23-11-12-33-20-10-9-19-24-25-21(27(19)26-20)16-5-3-4-6-18(16)32-2/h3-10,13H,11-12H2,1-2H3,(H,23,29). The van der Waals surface area contributed by atoms with Crippen LogP contribution in [0.2, 0.25) is 0 Å². The van der Waals surface area contributed by atoms with Crippen molar-refractivity contribution in [3.8, 4) is 23.0 Å². The van der Waals surface area contributed by atoms with Crippen molar-refractivity contribution in [1.82, 2.24) is 25.1 Å². The van der Waals surface area contributed by atoms with Gasteiger partial charge < -0.3 is 14.8 Å². The number of para-hydroxylation sites is 1. The number of hydrogen-bond donors (Lipinski definition) is 1. The summed E-state index contributed by atoms with van der Waals surface area (Å²) in [6.45, 7) is 1.97. The van der Waals surface area contributed by atoms with Crippen molar-refractivity contribution in [2.45, 2.75) is 6.92 Å². The van der Waals surface area contributed by atoms with Gasteiger partial charge in [0.2, 0.25) is 5.88 Å². The van der Waals surface area contributed by atoms with E-state index in [1.807, 2.05) is 24.3 Å². The summed E-state index contributed by atoms with van der Waals surface area (Å²) in [5.74, 6) is 1.13. The Morgan fingerprint density at radius 3 is 2.73 bits per heavy atom. The van der Waals surface area contributed by atoms with Crippen LogP contribution in [0, 0.1) is 17.0 Å². The molecule has 0 aliphatic rings. The average Bonchev–Trinajstić information content (AvgIpc) is 3.24. The van der Waals surface area contributed by atoms with E-state index >= 15 is 0 Å². The fourth-order valence-electron chi connectivity index (χ4n) is 3.27. The fourth-order valence-corrected chi connectivity index (χ4v) is 3.27. The number of ether oxygens (including phenoxy) is 2. The van der Waals surface area contributed by atoms with Crippen LogP contribution < -0.4 is 14.8 Å². The lowest BCUT2D eigenvalue weighted by molar-refractivity contribution is -0.385. The Bertz CT molecular complexity index is 1340. The van der Waals surface area contributed by atoms with Gasteiger partial charge in [0, 0.05) is 23.3 Å². The van der Waals surface area contributed by atoms with Crippen LogP contribution in [0.3, 0.4) is 0 Å². The van der Waals surface area contributed by atoms with Crippen molar-refractivity contribution in [2.75, 3.05) is 20.3 Å². The second kappa shape index (κ2) is 9.30. The Morgan fingerprint density at radius 1 is 1.15 bits per heavy atom. The van der Waals surface area contributed by atoms with Crippen LogP contribution in [0.4, 0.5) is 5.69 Å². The third-order valence-corrected chi connectivity index (χ3v) is 4.88. The molecule has 0 bridgehead atoms. The molecule has 2 aromatic carbocycles. The molecule has 0 aliphatic carbocycles. The van der Waals surface area contributed by atoms with E-state index in [0.717, 1.165) is 5.56 Å². The van der Waals surface area contributed by atoms with Crippen LogP contribution in [0.5, 0.6) is 11.6 Å². The van der Waals surface area contributed by atoms with Crippen molar-refractivity contribution >= 4 is 17.2 Å². The Kier molecular flexibility index (Phi) is 6.11. The summed E-state index contributed by atoms with van der Waals surface area (Å²) in [6.07, 6.45) is 0. The van der Waals surface area contributed by atoms with E-state index in [0.29, 0.717) is 34.2 Å². The molecule has 0 fully saturated rings. The summed E-state index contributed by atoms with van der Waals surface area (Å²) in [6, 6.07) is 15.0. The number of nitro benzene ring substituents is 1. The molecule has 33 heavy (non-hydrogen) atoms. The van der Waals surface area contributed by atoms with Gasteiger partial charge >= 0.3 is 0 Å². The number of carbonyl (C=O) groups excluding carboxylic acids is 1. The third kappa shape index (κ3) is 4.56. The summed E-state index contributed by atoms with van der Waals surface area (Å²) in [5.41, 5.74) is 2.01. The highest BCUT2D eigenvalue weighted by Gasteiger charge is 2.15. The van der Waals surface area contributed by atoms with Crippen LogP contribution in [0.1, 0.15) is 15.9 Å². The molecular formula is C22H20N6O5. The first-order valence-electron chi connectivity index (χ1n) is 10.00. The van der Waals surface area contributed by atoms with E-state index in [1.54, 1.807) is 30.7 Å². The van der Waals surface area contributed by atoms with Gasteiger partial charge in [-0.1, -0.05) is 12.1 Å². The van der Waals surface area contributed by atoms with Crippen LogP contribution in [-0.4, -0.2) is 50.9 Å². The number of methoxy groups -OCH3 is 1. The monoisotopic (exact) mass is 448 g/mol. The maximum Gasteiger partial charge on any atom is 0.272 e. The SMILES string of the molecule is COc1ccccc1-c1nnc2ccc(OCCNC(=O)c3ccc([N+](=O)[O-])c(C)c3)nn12. The van der Waals surface area contributed by atoms with E-state index in [-0.39, 0.29) is 24.7 Å². The molecule has 0 aliphatic heterocycles. The highest BCUT2D eigenvalue weighted by atomic mass is 16.6. The topological polar surface area (TPSA) is 134 Å². The summed E-state index contributed by atoms with van der Waals surface area (Å²) >= 11 is 0. The average molecular weight is 448 g/mol. The summed E-state index contributed by atoms with van der Waals surface area (Å²) in [7, 11) is 1.58. The van der Waals surface area contributed by atoms with E-state index in [2.05, 4.69) is 20.6 Å². The number of benzene rings is 2. The molecule has 2 heterocycles. The Hall–Kier alpha value is -4.54. The van der Waals surface area contributed by atoms with Gasteiger partial charge in [-0.05, 0) is 37.3 Å². The molecule has 1 amide bonds. The van der Waals surface area contributed by atoms with Crippen molar-refractivity contribution < 1.29 is 19.2 Å². The Morgan fingerprint density at radius 2 is 1.97 bits per heavy atom. The number of nitrogens with zero attached hydrogens (tertiary/aromatic N) is 5. The van der Waals surface area contributed by atoms with Gasteiger partial charge in [-0.25, -0.2) is 0 Å². The number of carbonyl (C=O) groups is 1. The van der Waals surface area contributed by atoms with E-state index < -0.39 is 4.92 Å². The molecular weight excluding hydrogens is 428 g/mol. The van der Waals surface area contributed by atoms with Gasteiger partial charge in [0.1, 0.15) is 12.4 Å². The maximum absolute atomic E-state index is 12.3. The molecule has 11 nitrogen and oxygen atoms in total. The first kappa shape index (κ1) is 21.7. The zero-order valence-corrected chi connectivity index (χ0v) is 17.9. The zero-order valence-electron chi connectivity index (χ0n) is 17.9. The minimum atomic E-state index is -0.482. The van der Waals surface area contributed by atoms with Gasteiger partial charge in [0.05, 0.1) is 24.1 Å². The molecule has 0 atom stereocenters. The molecule has 2 aromatic heterocycles. The predicted molar refractivity (Wildman–Crippen MR) is 118 cm³/mol. The first-order valence-corrected chi connectivity index (χ1v) is 10.00. The molecule has 1 N–H and O–H groups in total. The minimum Gasteiger partial charge on any atom is -0.496 e. The molecule has 0 saturated carbocycles. The lowest BCUT2D eigenvalue weighted by Crippen LogP contribution is -2.28. The molecule has 11 heteroatoms. The van der Waals surface area contributed by atoms with Crippen LogP contribution >= 0.6 is 0 Å². The van der Waals surface area contributed by atoms with E-state index in [1.165, 1.54) is 18.2 Å². The largest absolute Gasteiger partial charge is 0.496 e. The van der Waals surface area contributed by atoms with Gasteiger partial charge in [0.15, 0.2) is 11.5 Å². The Balaban J connectivity index is 1.40. The Labute approximate surface area is 188 Å². The third-order valence-electron chi connectivity index (χ3n) is 4.88. The zero-order chi connectivity index (χ0) is 23.4. The van der Waals surface area contributed by atoms with E-state index in [4.69, 9.17) is 9.47 Å². The fraction of sp³-hybridized carbons (Fsp3) is 0.182. The summed E-state index contributed by atoms with van der Waals surface area (Å²) < 4.78 is 12.6. The number of aromatic nitrogens is 4. The van der Waals surface area contributed by atoms with Crippen molar-refractivity contribution in [3.05, 3.63) is 75.8 Å². The number of aryl methyl sites for hydroxylation is 1. The van der Waals surface area contributed by atoms with Crippen LogP contribution in [0.25, 0.3) is 17.0 Å². The summed E-state index contributed by atoms with van der Waals surface area (Å²) in [4.78, 5) is 22.7. The first-order chi connectivity index (χ1) is 16.0. The smallest absolute Gasteiger partial charge is 0.272 e. The number of nitrogens with one attached hydrogen (secondary N) is 1. The number of hydrogen-bond acceptors (Lipinski definition) is 8. The minimum absolute atomic E-state index is 0.0298. The van der Waals surface area contributed by atoms with Crippen molar-refractivity contribution in [3.63, 3.8) is 0 Å².